The van der Waals surface area contributed by atoms with Crippen LogP contribution in [-0.4, -0.2) is 12.5 Å². The number of anilines is 2. The molecule has 0 saturated heterocycles. The number of hydrogen-bond acceptors (Lipinski definition) is 3. The smallest absolute Gasteiger partial charge is 0.255 e. The van der Waals surface area contributed by atoms with Gasteiger partial charge < -0.3 is 15.8 Å². The van der Waals surface area contributed by atoms with Gasteiger partial charge in [-0.3, -0.25) is 4.79 Å². The van der Waals surface area contributed by atoms with Gasteiger partial charge in [0.15, 0.2) is 0 Å². The van der Waals surface area contributed by atoms with Crippen molar-refractivity contribution in [1.82, 2.24) is 0 Å². The summed E-state index contributed by atoms with van der Waals surface area (Å²) in [6, 6.07) is 10.0. The van der Waals surface area contributed by atoms with Gasteiger partial charge in [0.05, 0.1) is 22.3 Å². The molecule has 0 aliphatic carbocycles. The van der Waals surface area contributed by atoms with Crippen LogP contribution in [0.5, 0.6) is 5.75 Å². The largest absolute Gasteiger partial charge is 0.494 e. The molecule has 110 valence electrons. The number of hydrogen-bond donors (Lipinski definition) is 2. The minimum absolute atomic E-state index is 0.249. The first-order chi connectivity index (χ1) is 10.0. The van der Waals surface area contributed by atoms with E-state index in [0.717, 1.165) is 5.75 Å². The van der Waals surface area contributed by atoms with E-state index in [0.29, 0.717) is 17.9 Å². The summed E-state index contributed by atoms with van der Waals surface area (Å²) in [5, 5.41) is 3.25. The van der Waals surface area contributed by atoms with Crippen LogP contribution in [-0.2, 0) is 0 Å². The number of nitrogens with two attached hydrogens (primary N) is 1. The second kappa shape index (κ2) is 6.70. The number of halogens is 2. The molecule has 3 N–H and O–H groups in total. The van der Waals surface area contributed by atoms with Crippen LogP contribution in [0.25, 0.3) is 0 Å². The Morgan fingerprint density at radius 3 is 2.29 bits per heavy atom. The van der Waals surface area contributed by atoms with Crippen LogP contribution in [0.4, 0.5) is 11.4 Å². The summed E-state index contributed by atoms with van der Waals surface area (Å²) in [5.74, 6) is 0.428. The zero-order valence-corrected chi connectivity index (χ0v) is 12.8. The van der Waals surface area contributed by atoms with Crippen molar-refractivity contribution in [1.29, 1.82) is 0 Å². The van der Waals surface area contributed by atoms with Crippen LogP contribution in [0.1, 0.15) is 17.3 Å². The van der Waals surface area contributed by atoms with Crippen molar-refractivity contribution in [2.45, 2.75) is 6.92 Å². The Morgan fingerprint density at radius 2 is 1.76 bits per heavy atom. The zero-order valence-electron chi connectivity index (χ0n) is 11.3. The van der Waals surface area contributed by atoms with Gasteiger partial charge in [-0.05, 0) is 43.3 Å². The average Bonchev–Trinajstić information content (AvgIpc) is 2.46. The highest BCUT2D eigenvalue weighted by molar-refractivity contribution is 6.39. The van der Waals surface area contributed by atoms with Gasteiger partial charge in [-0.1, -0.05) is 23.2 Å². The third-order valence-electron chi connectivity index (χ3n) is 2.76. The molecule has 2 aromatic carbocycles. The number of amides is 1. The summed E-state index contributed by atoms with van der Waals surface area (Å²) >= 11 is 11.8. The summed E-state index contributed by atoms with van der Waals surface area (Å²) in [4.78, 5) is 12.1. The van der Waals surface area contributed by atoms with Crippen LogP contribution < -0.4 is 15.8 Å². The first-order valence-corrected chi connectivity index (χ1v) is 7.05. The number of rotatable bonds is 4. The maximum atomic E-state index is 12.1. The minimum atomic E-state index is -0.317. The number of benzene rings is 2. The molecule has 0 atom stereocenters. The van der Waals surface area contributed by atoms with E-state index in [1.807, 2.05) is 6.92 Å². The van der Waals surface area contributed by atoms with Crippen LogP contribution >= 0.6 is 23.2 Å². The van der Waals surface area contributed by atoms with E-state index in [9.17, 15) is 4.79 Å². The van der Waals surface area contributed by atoms with Crippen molar-refractivity contribution in [3.63, 3.8) is 0 Å². The highest BCUT2D eigenvalue weighted by atomic mass is 35.5. The monoisotopic (exact) mass is 324 g/mol. The van der Waals surface area contributed by atoms with Gasteiger partial charge in [-0.15, -0.1) is 0 Å². The molecule has 0 spiro atoms. The Bertz CT molecular complexity index is 634. The topological polar surface area (TPSA) is 64.3 Å². The lowest BCUT2D eigenvalue weighted by Gasteiger charge is -2.09. The van der Waals surface area contributed by atoms with Gasteiger partial charge in [-0.2, -0.15) is 0 Å². The first kappa shape index (κ1) is 15.5. The molecule has 6 heteroatoms. The summed E-state index contributed by atoms with van der Waals surface area (Å²) in [5.41, 5.74) is 6.89. The van der Waals surface area contributed by atoms with Crippen molar-refractivity contribution < 1.29 is 9.53 Å². The fraction of sp³-hybridized carbons (Fsp3) is 0.133. The van der Waals surface area contributed by atoms with Crippen LogP contribution in [0.3, 0.4) is 0 Å². The Hall–Kier alpha value is -1.91. The molecule has 21 heavy (non-hydrogen) atoms. The third kappa shape index (κ3) is 3.80. The molecule has 0 saturated carbocycles. The molecular weight excluding hydrogens is 311 g/mol. The van der Waals surface area contributed by atoms with E-state index >= 15 is 0 Å². The van der Waals surface area contributed by atoms with E-state index < -0.39 is 0 Å². The molecule has 2 rings (SSSR count). The average molecular weight is 325 g/mol. The Morgan fingerprint density at radius 1 is 1.19 bits per heavy atom. The fourth-order valence-electron chi connectivity index (χ4n) is 1.72. The zero-order chi connectivity index (χ0) is 15.4. The number of carbonyl (C=O) groups is 1. The second-order valence-electron chi connectivity index (χ2n) is 4.27. The van der Waals surface area contributed by atoms with Crippen molar-refractivity contribution >= 4 is 40.5 Å². The summed E-state index contributed by atoms with van der Waals surface area (Å²) in [6.07, 6.45) is 0. The quantitative estimate of drug-likeness (QED) is 0.827. The molecule has 4 nitrogen and oxygen atoms in total. The normalized spacial score (nSPS) is 10.2. The Labute approximate surface area is 132 Å². The van der Waals surface area contributed by atoms with E-state index in [-0.39, 0.29) is 21.6 Å². The lowest BCUT2D eigenvalue weighted by atomic mass is 10.2. The summed E-state index contributed by atoms with van der Waals surface area (Å²) in [7, 11) is 0. The van der Waals surface area contributed by atoms with Gasteiger partial charge in [0.1, 0.15) is 5.75 Å². The van der Waals surface area contributed by atoms with Gasteiger partial charge in [0.2, 0.25) is 0 Å². The predicted molar refractivity (Wildman–Crippen MR) is 86.4 cm³/mol. The molecule has 0 radical (unpaired) electrons. The van der Waals surface area contributed by atoms with Gasteiger partial charge in [0.25, 0.3) is 5.91 Å². The van der Waals surface area contributed by atoms with E-state index in [1.54, 1.807) is 24.3 Å². The van der Waals surface area contributed by atoms with Gasteiger partial charge >= 0.3 is 0 Å². The predicted octanol–water partition coefficient (Wildman–Crippen LogP) is 4.23. The molecule has 0 aliphatic heterocycles. The number of nitrogens with one attached hydrogen (secondary N) is 1. The van der Waals surface area contributed by atoms with Crippen molar-refractivity contribution in [2.24, 2.45) is 0 Å². The molecule has 0 unspecified atom stereocenters. The Kier molecular flexibility index (Phi) is 4.94. The highest BCUT2D eigenvalue weighted by Gasteiger charge is 2.11. The maximum Gasteiger partial charge on any atom is 0.255 e. The number of ether oxygens (including phenoxy) is 1. The van der Waals surface area contributed by atoms with E-state index in [2.05, 4.69) is 5.32 Å². The van der Waals surface area contributed by atoms with Crippen LogP contribution in [0, 0.1) is 0 Å². The van der Waals surface area contributed by atoms with Gasteiger partial charge in [-0.25, -0.2) is 0 Å². The SMILES string of the molecule is CCOc1ccc(NC(=O)c2cc(Cl)c(N)c(Cl)c2)cc1. The lowest BCUT2D eigenvalue weighted by molar-refractivity contribution is 0.102. The standard InChI is InChI=1S/C15H14Cl2N2O2/c1-2-21-11-5-3-10(4-6-11)19-15(20)9-7-12(16)14(18)13(17)8-9/h3-8H,2,18H2,1H3,(H,19,20). The molecular formula is C15H14Cl2N2O2. The number of nitrogen functional groups attached to an aromatic ring is 1. The molecule has 1 amide bonds. The Balaban J connectivity index is 2.14. The third-order valence-corrected chi connectivity index (χ3v) is 3.39. The van der Waals surface area contributed by atoms with Crippen LogP contribution in [0.15, 0.2) is 36.4 Å². The summed E-state index contributed by atoms with van der Waals surface area (Å²) < 4.78 is 5.33. The first-order valence-electron chi connectivity index (χ1n) is 6.30. The summed E-state index contributed by atoms with van der Waals surface area (Å²) in [6.45, 7) is 2.50. The van der Waals surface area contributed by atoms with E-state index in [1.165, 1.54) is 12.1 Å². The minimum Gasteiger partial charge on any atom is -0.494 e. The van der Waals surface area contributed by atoms with E-state index in [4.69, 9.17) is 33.7 Å². The molecule has 0 bridgehead atoms. The molecule has 2 aromatic rings. The highest BCUT2D eigenvalue weighted by Crippen LogP contribution is 2.29. The fourth-order valence-corrected chi connectivity index (χ4v) is 2.21. The van der Waals surface area contributed by atoms with Crippen molar-refractivity contribution in [3.8, 4) is 5.75 Å². The van der Waals surface area contributed by atoms with Crippen molar-refractivity contribution in [3.05, 3.63) is 52.0 Å². The molecule has 0 aliphatic rings. The maximum absolute atomic E-state index is 12.1. The molecule has 0 fully saturated rings. The van der Waals surface area contributed by atoms with Gasteiger partial charge in [0, 0.05) is 11.3 Å². The lowest BCUT2D eigenvalue weighted by Crippen LogP contribution is -2.12. The second-order valence-corrected chi connectivity index (χ2v) is 5.08. The van der Waals surface area contributed by atoms with Crippen molar-refractivity contribution in [2.75, 3.05) is 17.7 Å². The van der Waals surface area contributed by atoms with Crippen LogP contribution in [0.2, 0.25) is 10.0 Å². The molecule has 0 aromatic heterocycles. The molecule has 0 heterocycles. The number of carbonyl (C=O) groups excluding carboxylic acids is 1.